The molecule has 0 radical (unpaired) electrons. The molecule has 0 heterocycles. The molecule has 2 atom stereocenters. The van der Waals surface area contributed by atoms with E-state index >= 15 is 0 Å². The predicted octanol–water partition coefficient (Wildman–Crippen LogP) is -1.14. The van der Waals surface area contributed by atoms with Crippen molar-refractivity contribution in [2.24, 2.45) is 0 Å². The van der Waals surface area contributed by atoms with Crippen LogP contribution < -0.4 is 0 Å². The van der Waals surface area contributed by atoms with Gasteiger partial charge in [-0.2, -0.15) is 0 Å². The number of hydrogen-bond acceptors (Lipinski definition) is 5. The van der Waals surface area contributed by atoms with Gasteiger partial charge in [0.1, 0.15) is 12.2 Å². The summed E-state index contributed by atoms with van der Waals surface area (Å²) in [5.74, 6) is -1.46. The minimum atomic E-state index is -1.24. The van der Waals surface area contributed by atoms with Crippen LogP contribution in [-0.4, -0.2) is 40.8 Å². The molecule has 0 aliphatic heterocycles. The van der Waals surface area contributed by atoms with Gasteiger partial charge in [0.15, 0.2) is 12.4 Å². The van der Waals surface area contributed by atoms with Crippen molar-refractivity contribution < 1.29 is 24.5 Å². The third-order valence-electron chi connectivity index (χ3n) is 1.16. The van der Waals surface area contributed by atoms with Gasteiger partial charge in [-0.05, 0) is 13.8 Å². The van der Waals surface area contributed by atoms with E-state index < -0.39 is 30.6 Å². The fraction of sp³-hybridized carbons (Fsp3) is 0.714. The summed E-state index contributed by atoms with van der Waals surface area (Å²) in [4.78, 5) is 21.2. The lowest BCUT2D eigenvalue weighted by atomic mass is 10.3. The first kappa shape index (κ1) is 11.1. The van der Waals surface area contributed by atoms with E-state index in [4.69, 9.17) is 10.2 Å². The fourth-order valence-corrected chi connectivity index (χ4v) is 0.383. The Morgan fingerprint density at radius 1 is 1.25 bits per heavy atom. The van der Waals surface area contributed by atoms with Gasteiger partial charge in [-0.25, -0.2) is 4.79 Å². The van der Waals surface area contributed by atoms with Gasteiger partial charge >= 0.3 is 5.97 Å². The van der Waals surface area contributed by atoms with E-state index in [-0.39, 0.29) is 0 Å². The van der Waals surface area contributed by atoms with Gasteiger partial charge in [-0.15, -0.1) is 0 Å². The molecular formula is C7H12O5. The zero-order chi connectivity index (χ0) is 9.72. The zero-order valence-corrected chi connectivity index (χ0v) is 6.98. The van der Waals surface area contributed by atoms with Gasteiger partial charge in [-0.3, -0.25) is 4.79 Å². The quantitative estimate of drug-likeness (QED) is 0.529. The van der Waals surface area contributed by atoms with E-state index in [0.29, 0.717) is 0 Å². The summed E-state index contributed by atoms with van der Waals surface area (Å²) in [7, 11) is 0. The average molecular weight is 176 g/mol. The Balaban J connectivity index is 3.69. The van der Waals surface area contributed by atoms with Gasteiger partial charge < -0.3 is 14.9 Å². The molecule has 0 aromatic rings. The fourth-order valence-electron chi connectivity index (χ4n) is 0.383. The zero-order valence-electron chi connectivity index (χ0n) is 6.98. The molecule has 0 spiro atoms. The van der Waals surface area contributed by atoms with Crippen LogP contribution in [0.4, 0.5) is 0 Å². The van der Waals surface area contributed by atoms with E-state index in [2.05, 4.69) is 4.74 Å². The molecule has 12 heavy (non-hydrogen) atoms. The molecule has 5 heteroatoms. The standard InChI is InChI=1S/C7H12O5/c1-4(8)6(10)3-12-7(11)5(2)9/h4-5,8-9H,3H2,1-2H3. The maximum absolute atomic E-state index is 10.7. The van der Waals surface area contributed by atoms with E-state index in [0.717, 1.165) is 0 Å². The van der Waals surface area contributed by atoms with Crippen LogP contribution in [0.3, 0.4) is 0 Å². The Morgan fingerprint density at radius 2 is 1.75 bits per heavy atom. The van der Waals surface area contributed by atoms with Crippen molar-refractivity contribution in [3.8, 4) is 0 Å². The number of Topliss-reactive ketones (excluding diaryl/α,β-unsaturated/α-hetero) is 1. The van der Waals surface area contributed by atoms with Crippen molar-refractivity contribution in [2.75, 3.05) is 6.61 Å². The van der Waals surface area contributed by atoms with Crippen molar-refractivity contribution in [1.82, 2.24) is 0 Å². The van der Waals surface area contributed by atoms with Crippen LogP contribution in [0.15, 0.2) is 0 Å². The third kappa shape index (κ3) is 4.05. The van der Waals surface area contributed by atoms with Crippen LogP contribution in [-0.2, 0) is 14.3 Å². The van der Waals surface area contributed by atoms with E-state index in [1.54, 1.807) is 0 Å². The van der Waals surface area contributed by atoms with Crippen molar-refractivity contribution in [2.45, 2.75) is 26.1 Å². The summed E-state index contributed by atoms with van der Waals surface area (Å²) in [6.07, 6.45) is -2.39. The summed E-state index contributed by atoms with van der Waals surface area (Å²) in [6.45, 7) is 2.01. The van der Waals surface area contributed by atoms with Crippen LogP contribution >= 0.6 is 0 Å². The number of aliphatic hydroxyl groups is 2. The third-order valence-corrected chi connectivity index (χ3v) is 1.16. The molecule has 0 amide bonds. The summed E-state index contributed by atoms with van der Waals surface area (Å²) in [5.41, 5.74) is 0. The number of esters is 1. The van der Waals surface area contributed by atoms with Gasteiger partial charge in [0.25, 0.3) is 0 Å². The van der Waals surface area contributed by atoms with Crippen molar-refractivity contribution in [3.05, 3.63) is 0 Å². The number of carbonyl (C=O) groups excluding carboxylic acids is 2. The maximum atomic E-state index is 10.7. The summed E-state index contributed by atoms with van der Waals surface area (Å²) in [6, 6.07) is 0. The van der Waals surface area contributed by atoms with Crippen LogP contribution in [0.25, 0.3) is 0 Å². The minimum absolute atomic E-state index is 0.499. The number of ketones is 1. The average Bonchev–Trinajstić information content (AvgIpc) is 1.98. The number of hydrogen-bond donors (Lipinski definition) is 2. The molecule has 0 aliphatic carbocycles. The van der Waals surface area contributed by atoms with Crippen LogP contribution in [0.1, 0.15) is 13.8 Å². The number of ether oxygens (including phenoxy) is 1. The van der Waals surface area contributed by atoms with Crippen LogP contribution in [0.5, 0.6) is 0 Å². The topological polar surface area (TPSA) is 83.8 Å². The van der Waals surface area contributed by atoms with E-state index in [1.165, 1.54) is 13.8 Å². The molecule has 0 aromatic heterocycles. The molecule has 2 unspecified atom stereocenters. The molecule has 0 rings (SSSR count). The first-order chi connectivity index (χ1) is 5.45. The summed E-state index contributed by atoms with van der Waals surface area (Å²) in [5, 5.41) is 17.3. The second-order valence-electron chi connectivity index (χ2n) is 2.43. The normalized spacial score (nSPS) is 15.0. The first-order valence-electron chi connectivity index (χ1n) is 3.50. The Kier molecular flexibility index (Phi) is 4.46. The molecular weight excluding hydrogens is 164 g/mol. The SMILES string of the molecule is CC(O)C(=O)COC(=O)C(C)O. The highest BCUT2D eigenvalue weighted by atomic mass is 16.5. The molecule has 0 aliphatic rings. The second-order valence-corrected chi connectivity index (χ2v) is 2.43. The lowest BCUT2D eigenvalue weighted by Gasteiger charge is -2.06. The van der Waals surface area contributed by atoms with E-state index in [1.807, 2.05) is 0 Å². The number of rotatable bonds is 4. The molecule has 0 saturated carbocycles. The molecule has 2 N–H and O–H groups in total. The highest BCUT2D eigenvalue weighted by Gasteiger charge is 2.14. The van der Waals surface area contributed by atoms with Crippen LogP contribution in [0, 0.1) is 0 Å². The Hall–Kier alpha value is -0.940. The Morgan fingerprint density at radius 3 is 2.08 bits per heavy atom. The number of carbonyl (C=O) groups is 2. The highest BCUT2D eigenvalue weighted by molar-refractivity contribution is 5.86. The Labute approximate surface area is 70.0 Å². The van der Waals surface area contributed by atoms with Gasteiger partial charge in [0.05, 0.1) is 0 Å². The largest absolute Gasteiger partial charge is 0.456 e. The van der Waals surface area contributed by atoms with Crippen molar-refractivity contribution in [3.63, 3.8) is 0 Å². The summed E-state index contributed by atoms with van der Waals surface area (Å²) < 4.78 is 4.33. The van der Waals surface area contributed by atoms with Crippen molar-refractivity contribution in [1.29, 1.82) is 0 Å². The molecule has 5 nitrogen and oxygen atoms in total. The molecule has 70 valence electrons. The minimum Gasteiger partial charge on any atom is -0.456 e. The predicted molar refractivity (Wildman–Crippen MR) is 39.3 cm³/mol. The highest BCUT2D eigenvalue weighted by Crippen LogP contribution is 1.90. The maximum Gasteiger partial charge on any atom is 0.335 e. The van der Waals surface area contributed by atoms with Crippen molar-refractivity contribution >= 4 is 11.8 Å². The molecule has 0 saturated heterocycles. The number of aliphatic hydroxyl groups excluding tert-OH is 2. The van der Waals surface area contributed by atoms with Gasteiger partial charge in [0.2, 0.25) is 0 Å². The molecule has 0 bridgehead atoms. The smallest absolute Gasteiger partial charge is 0.335 e. The Bertz CT molecular complexity index is 153. The molecule has 0 aromatic carbocycles. The molecule has 0 fully saturated rings. The summed E-state index contributed by atoms with van der Waals surface area (Å²) >= 11 is 0. The van der Waals surface area contributed by atoms with Gasteiger partial charge in [-0.1, -0.05) is 0 Å². The lowest BCUT2D eigenvalue weighted by molar-refractivity contribution is -0.156. The van der Waals surface area contributed by atoms with E-state index in [9.17, 15) is 9.59 Å². The van der Waals surface area contributed by atoms with Gasteiger partial charge in [0, 0.05) is 0 Å². The lowest BCUT2D eigenvalue weighted by Crippen LogP contribution is -2.27. The second kappa shape index (κ2) is 4.84. The monoisotopic (exact) mass is 176 g/mol. The van der Waals surface area contributed by atoms with Crippen LogP contribution in [0.2, 0.25) is 0 Å². The first-order valence-corrected chi connectivity index (χ1v) is 3.50.